The van der Waals surface area contributed by atoms with Crippen molar-refractivity contribution in [2.45, 2.75) is 19.4 Å². The molecule has 0 spiro atoms. The Labute approximate surface area is 148 Å². The van der Waals surface area contributed by atoms with Gasteiger partial charge >= 0.3 is 0 Å². The highest BCUT2D eigenvalue weighted by Crippen LogP contribution is 2.39. The fourth-order valence-electron chi connectivity index (χ4n) is 2.95. The molecule has 126 valence electrons. The summed E-state index contributed by atoms with van der Waals surface area (Å²) in [6, 6.07) is 9.04. The summed E-state index contributed by atoms with van der Waals surface area (Å²) in [5.41, 5.74) is 3.66. The number of hydrogen-bond acceptors (Lipinski definition) is 5. The highest BCUT2D eigenvalue weighted by Gasteiger charge is 2.25. The van der Waals surface area contributed by atoms with Crippen molar-refractivity contribution in [3.63, 3.8) is 0 Å². The molecule has 0 amide bonds. The second-order valence-corrected chi connectivity index (χ2v) is 6.53. The normalized spacial score (nSPS) is 13.8. The molecule has 2 aromatic rings. The number of fused-ring (bicyclic) bond motifs is 1. The Hall–Kier alpha value is -2.28. The molecule has 1 aliphatic heterocycles. The number of nitrogens with one attached hydrogen (secondary N) is 2. The van der Waals surface area contributed by atoms with E-state index in [9.17, 15) is 10.1 Å². The number of nitro benzene ring substituents is 1. The molecule has 0 radical (unpaired) electrons. The zero-order chi connectivity index (χ0) is 17.3. The first-order chi connectivity index (χ1) is 11.5. The molecule has 0 saturated carbocycles. The molecule has 1 heterocycles. The van der Waals surface area contributed by atoms with Gasteiger partial charge in [-0.15, -0.1) is 0 Å². The molecule has 3 rings (SSSR count). The van der Waals surface area contributed by atoms with Crippen LogP contribution in [0.2, 0.25) is 0 Å². The Balaban J connectivity index is 1.94. The van der Waals surface area contributed by atoms with E-state index in [1.165, 1.54) is 0 Å². The SMILES string of the molecule is COc1ccc(C(C)Nc2c([N+](=O)[O-])ccc3c2CCN3)cc1Br. The summed E-state index contributed by atoms with van der Waals surface area (Å²) in [4.78, 5) is 11.1. The lowest BCUT2D eigenvalue weighted by atomic mass is 10.0. The molecule has 1 atom stereocenters. The van der Waals surface area contributed by atoms with E-state index < -0.39 is 0 Å². The minimum Gasteiger partial charge on any atom is -0.496 e. The van der Waals surface area contributed by atoms with Gasteiger partial charge in [-0.05, 0) is 53.0 Å². The van der Waals surface area contributed by atoms with Crippen LogP contribution in [0.4, 0.5) is 17.1 Å². The van der Waals surface area contributed by atoms with Gasteiger partial charge in [0.05, 0.1) is 16.5 Å². The third-order valence-corrected chi connectivity index (χ3v) is 4.83. The first-order valence-corrected chi connectivity index (χ1v) is 8.44. The van der Waals surface area contributed by atoms with Gasteiger partial charge in [-0.2, -0.15) is 0 Å². The second kappa shape index (κ2) is 6.68. The topological polar surface area (TPSA) is 76.4 Å². The van der Waals surface area contributed by atoms with Gasteiger partial charge in [0.15, 0.2) is 0 Å². The number of benzene rings is 2. The third kappa shape index (κ3) is 3.03. The summed E-state index contributed by atoms with van der Waals surface area (Å²) in [6.45, 7) is 2.79. The van der Waals surface area contributed by atoms with E-state index in [4.69, 9.17) is 4.74 Å². The van der Waals surface area contributed by atoms with Gasteiger partial charge in [0, 0.05) is 29.9 Å². The second-order valence-electron chi connectivity index (χ2n) is 5.68. The van der Waals surface area contributed by atoms with E-state index in [1.807, 2.05) is 25.1 Å². The van der Waals surface area contributed by atoms with Crippen LogP contribution in [0.25, 0.3) is 0 Å². The van der Waals surface area contributed by atoms with Gasteiger partial charge in [-0.3, -0.25) is 10.1 Å². The zero-order valence-electron chi connectivity index (χ0n) is 13.4. The van der Waals surface area contributed by atoms with Gasteiger partial charge in [-0.1, -0.05) is 6.07 Å². The molecule has 0 saturated heterocycles. The van der Waals surface area contributed by atoms with E-state index in [1.54, 1.807) is 19.2 Å². The lowest BCUT2D eigenvalue weighted by Gasteiger charge is -2.19. The quantitative estimate of drug-likeness (QED) is 0.579. The summed E-state index contributed by atoms with van der Waals surface area (Å²) in [7, 11) is 1.62. The van der Waals surface area contributed by atoms with Gasteiger partial charge in [0.25, 0.3) is 5.69 Å². The van der Waals surface area contributed by atoms with Crippen LogP contribution in [-0.4, -0.2) is 18.6 Å². The van der Waals surface area contributed by atoms with Crippen molar-refractivity contribution in [3.8, 4) is 5.75 Å². The van der Waals surface area contributed by atoms with Crippen molar-refractivity contribution in [3.05, 3.63) is 56.0 Å². The lowest BCUT2D eigenvalue weighted by molar-refractivity contribution is -0.384. The zero-order valence-corrected chi connectivity index (χ0v) is 15.0. The fourth-order valence-corrected chi connectivity index (χ4v) is 3.51. The first-order valence-electron chi connectivity index (χ1n) is 7.65. The van der Waals surface area contributed by atoms with Crippen molar-refractivity contribution in [2.75, 3.05) is 24.3 Å². The van der Waals surface area contributed by atoms with Crippen molar-refractivity contribution in [1.29, 1.82) is 0 Å². The number of nitrogens with zero attached hydrogens (tertiary/aromatic N) is 1. The van der Waals surface area contributed by atoms with Crippen LogP contribution >= 0.6 is 15.9 Å². The summed E-state index contributed by atoms with van der Waals surface area (Å²) in [5, 5.41) is 18.0. The van der Waals surface area contributed by atoms with E-state index >= 15 is 0 Å². The Morgan fingerprint density at radius 1 is 1.38 bits per heavy atom. The molecule has 2 aromatic carbocycles. The maximum Gasteiger partial charge on any atom is 0.292 e. The van der Waals surface area contributed by atoms with Crippen molar-refractivity contribution >= 4 is 33.0 Å². The maximum absolute atomic E-state index is 11.4. The molecule has 7 heteroatoms. The molecule has 0 bridgehead atoms. The smallest absolute Gasteiger partial charge is 0.292 e. The largest absolute Gasteiger partial charge is 0.496 e. The molecule has 0 aliphatic carbocycles. The Morgan fingerprint density at radius 2 is 2.17 bits per heavy atom. The number of methoxy groups -OCH3 is 1. The van der Waals surface area contributed by atoms with Gasteiger partial charge in [-0.25, -0.2) is 0 Å². The average molecular weight is 392 g/mol. The number of ether oxygens (including phenoxy) is 1. The van der Waals surface area contributed by atoms with Crippen molar-refractivity contribution in [1.82, 2.24) is 0 Å². The summed E-state index contributed by atoms with van der Waals surface area (Å²) >= 11 is 3.48. The van der Waals surface area contributed by atoms with Gasteiger partial charge in [0.2, 0.25) is 0 Å². The number of rotatable bonds is 5. The van der Waals surface area contributed by atoms with Crippen LogP contribution < -0.4 is 15.4 Å². The van der Waals surface area contributed by atoms with E-state index in [0.29, 0.717) is 5.69 Å². The number of anilines is 2. The van der Waals surface area contributed by atoms with Crippen LogP contribution in [0, 0.1) is 10.1 Å². The highest BCUT2D eigenvalue weighted by molar-refractivity contribution is 9.10. The number of halogens is 1. The van der Waals surface area contributed by atoms with Crippen LogP contribution in [0.1, 0.15) is 24.1 Å². The third-order valence-electron chi connectivity index (χ3n) is 4.21. The minimum absolute atomic E-state index is 0.0852. The van der Waals surface area contributed by atoms with E-state index in [-0.39, 0.29) is 16.7 Å². The molecular weight excluding hydrogens is 374 g/mol. The van der Waals surface area contributed by atoms with Crippen LogP contribution in [0.5, 0.6) is 5.75 Å². The molecule has 0 fully saturated rings. The van der Waals surface area contributed by atoms with Crippen LogP contribution in [-0.2, 0) is 6.42 Å². The molecule has 0 aromatic heterocycles. The predicted octanol–water partition coefficient (Wildman–Crippen LogP) is 4.51. The molecule has 6 nitrogen and oxygen atoms in total. The summed E-state index contributed by atoms with van der Waals surface area (Å²) < 4.78 is 6.10. The average Bonchev–Trinajstić information content (AvgIpc) is 3.03. The Bertz CT molecular complexity index is 795. The molecule has 1 unspecified atom stereocenters. The van der Waals surface area contributed by atoms with E-state index in [2.05, 4.69) is 26.6 Å². The Morgan fingerprint density at radius 3 is 2.83 bits per heavy atom. The van der Waals surface area contributed by atoms with E-state index in [0.717, 1.165) is 40.0 Å². The molecule has 2 N–H and O–H groups in total. The summed E-state index contributed by atoms with van der Waals surface area (Å²) in [5.74, 6) is 0.752. The maximum atomic E-state index is 11.4. The molecular formula is C17H18BrN3O3. The standard InChI is InChI=1S/C17H18BrN3O3/c1-10(11-3-6-16(24-2)13(18)9-11)20-17-12-7-8-19-14(12)4-5-15(17)21(22)23/h3-6,9-10,19-20H,7-8H2,1-2H3. The molecule has 24 heavy (non-hydrogen) atoms. The van der Waals surface area contributed by atoms with Gasteiger partial charge < -0.3 is 15.4 Å². The number of nitro groups is 1. The highest BCUT2D eigenvalue weighted by atomic mass is 79.9. The predicted molar refractivity (Wildman–Crippen MR) is 98.0 cm³/mol. The van der Waals surface area contributed by atoms with Crippen molar-refractivity contribution < 1.29 is 9.66 Å². The monoisotopic (exact) mass is 391 g/mol. The molecule has 1 aliphatic rings. The summed E-state index contributed by atoms with van der Waals surface area (Å²) in [6.07, 6.45) is 0.776. The van der Waals surface area contributed by atoms with Crippen LogP contribution in [0.15, 0.2) is 34.8 Å². The fraction of sp³-hybridized carbons (Fsp3) is 0.294. The lowest BCUT2D eigenvalue weighted by Crippen LogP contribution is -2.10. The Kier molecular flexibility index (Phi) is 4.62. The van der Waals surface area contributed by atoms with Crippen molar-refractivity contribution in [2.24, 2.45) is 0 Å². The van der Waals surface area contributed by atoms with Gasteiger partial charge in [0.1, 0.15) is 11.4 Å². The minimum atomic E-state index is -0.336. The first kappa shape index (κ1) is 16.6. The van der Waals surface area contributed by atoms with Crippen LogP contribution in [0.3, 0.4) is 0 Å². The number of hydrogen-bond donors (Lipinski definition) is 2.